The molecule has 2 heterocycles. The summed E-state index contributed by atoms with van der Waals surface area (Å²) in [6.45, 7) is 2.23. The van der Waals surface area contributed by atoms with Gasteiger partial charge in [-0.1, -0.05) is 12.8 Å². The second-order valence-electron chi connectivity index (χ2n) is 6.55. The van der Waals surface area contributed by atoms with Crippen molar-refractivity contribution in [2.24, 2.45) is 10.7 Å². The van der Waals surface area contributed by atoms with E-state index in [2.05, 4.69) is 10.3 Å². The first-order valence-corrected chi connectivity index (χ1v) is 8.68. The van der Waals surface area contributed by atoms with Crippen LogP contribution in [0.4, 0.5) is 0 Å². The third-order valence-corrected chi connectivity index (χ3v) is 4.96. The van der Waals surface area contributed by atoms with Gasteiger partial charge in [-0.05, 0) is 18.9 Å². The molecule has 2 aliphatic heterocycles. The van der Waals surface area contributed by atoms with Crippen molar-refractivity contribution >= 4 is 17.6 Å². The molecule has 0 aromatic carbocycles. The molecule has 1 unspecified atom stereocenters. The first kappa shape index (κ1) is 17.8. The van der Waals surface area contributed by atoms with E-state index in [1.807, 2.05) is 9.80 Å². The third-order valence-electron chi connectivity index (χ3n) is 4.96. The molecule has 4 N–H and O–H groups in total. The Labute approximate surface area is 146 Å². The van der Waals surface area contributed by atoms with Gasteiger partial charge in [0.1, 0.15) is 5.71 Å². The highest BCUT2D eigenvalue weighted by molar-refractivity contribution is 6.40. The van der Waals surface area contributed by atoms with Gasteiger partial charge in [0.2, 0.25) is 5.91 Å². The maximum Gasteiger partial charge on any atom is 0.354 e. The van der Waals surface area contributed by atoms with Gasteiger partial charge in [-0.2, -0.15) is 0 Å². The number of carbonyl (C=O) groups is 2. The van der Waals surface area contributed by atoms with Crippen molar-refractivity contribution in [3.05, 3.63) is 12.3 Å². The van der Waals surface area contributed by atoms with Gasteiger partial charge in [-0.3, -0.25) is 4.79 Å². The van der Waals surface area contributed by atoms with Crippen LogP contribution < -0.4 is 11.1 Å². The van der Waals surface area contributed by atoms with E-state index in [9.17, 15) is 14.7 Å². The molecule has 0 bridgehead atoms. The van der Waals surface area contributed by atoms with Gasteiger partial charge in [0, 0.05) is 25.3 Å². The van der Waals surface area contributed by atoms with Crippen molar-refractivity contribution in [1.29, 1.82) is 0 Å². The van der Waals surface area contributed by atoms with Crippen LogP contribution in [-0.4, -0.2) is 77.3 Å². The highest BCUT2D eigenvalue weighted by Gasteiger charge is 2.48. The summed E-state index contributed by atoms with van der Waals surface area (Å²) >= 11 is 0. The standard InChI is InChI=1S/C16H25N5O4/c17-14(22)11-21(12-3-1-2-4-12)16(20-7-9-25-10-8-20)18-6-5-13(19-16)15(23)24/h5-6,12,18H,1-4,7-11H2,(H2,17,22)(H,23,24). The Morgan fingerprint density at radius 1 is 1.40 bits per heavy atom. The van der Waals surface area contributed by atoms with Crippen molar-refractivity contribution in [2.75, 3.05) is 32.8 Å². The van der Waals surface area contributed by atoms with Crippen molar-refractivity contribution in [3.8, 4) is 0 Å². The van der Waals surface area contributed by atoms with E-state index in [-0.39, 0.29) is 18.3 Å². The van der Waals surface area contributed by atoms with Crippen LogP contribution in [0.25, 0.3) is 0 Å². The monoisotopic (exact) mass is 351 g/mol. The number of amides is 1. The van der Waals surface area contributed by atoms with Crippen LogP contribution in [-0.2, 0) is 14.3 Å². The lowest BCUT2D eigenvalue weighted by Gasteiger charge is -2.51. The van der Waals surface area contributed by atoms with Gasteiger partial charge in [0.25, 0.3) is 5.91 Å². The number of morpholine rings is 1. The Hall–Kier alpha value is -1.97. The van der Waals surface area contributed by atoms with Crippen LogP contribution in [0, 0.1) is 0 Å². The van der Waals surface area contributed by atoms with Crippen molar-refractivity contribution in [3.63, 3.8) is 0 Å². The second kappa shape index (κ2) is 7.51. The SMILES string of the molecule is NC(=O)CN(C1CCCC1)C1(N2CCOCC2)N=C(C(=O)O)C=CN1. The predicted molar refractivity (Wildman–Crippen MR) is 90.6 cm³/mol. The van der Waals surface area contributed by atoms with Crippen molar-refractivity contribution in [2.45, 2.75) is 37.6 Å². The molecular weight excluding hydrogens is 326 g/mol. The third kappa shape index (κ3) is 3.68. The van der Waals surface area contributed by atoms with Crippen LogP contribution in [0.1, 0.15) is 25.7 Å². The number of primary amides is 1. The maximum absolute atomic E-state index is 11.8. The molecule has 1 aliphatic carbocycles. The molecule has 1 saturated heterocycles. The molecule has 0 aromatic rings. The maximum atomic E-state index is 11.8. The summed E-state index contributed by atoms with van der Waals surface area (Å²) < 4.78 is 5.43. The number of ether oxygens (including phenoxy) is 1. The molecule has 9 nitrogen and oxygen atoms in total. The average molecular weight is 351 g/mol. The molecule has 2 fully saturated rings. The first-order valence-electron chi connectivity index (χ1n) is 8.68. The molecular formula is C16H25N5O4. The summed E-state index contributed by atoms with van der Waals surface area (Å²) in [7, 11) is 0. The number of rotatable bonds is 6. The number of aliphatic carboxylic acids is 1. The Morgan fingerprint density at radius 3 is 2.68 bits per heavy atom. The summed E-state index contributed by atoms with van der Waals surface area (Å²) in [5, 5.41) is 12.7. The number of carboxylic acid groups (broad SMARTS) is 1. The summed E-state index contributed by atoms with van der Waals surface area (Å²) in [6.07, 6.45) is 7.04. The van der Waals surface area contributed by atoms with Crippen molar-refractivity contribution in [1.82, 2.24) is 15.1 Å². The number of aliphatic imine (C=N–C) groups is 1. The van der Waals surface area contributed by atoms with Gasteiger partial charge >= 0.3 is 5.97 Å². The van der Waals surface area contributed by atoms with Gasteiger partial charge in [-0.25, -0.2) is 19.6 Å². The number of nitrogens with two attached hydrogens (primary N) is 1. The zero-order valence-electron chi connectivity index (χ0n) is 14.2. The minimum absolute atomic E-state index is 0.0132. The van der Waals surface area contributed by atoms with Crippen molar-refractivity contribution < 1.29 is 19.4 Å². The van der Waals surface area contributed by atoms with E-state index in [4.69, 9.17) is 10.5 Å². The highest BCUT2D eigenvalue weighted by Crippen LogP contribution is 2.32. The molecule has 138 valence electrons. The lowest BCUT2D eigenvalue weighted by atomic mass is 10.1. The van der Waals surface area contributed by atoms with Crippen LogP contribution in [0.15, 0.2) is 17.3 Å². The number of carboxylic acids is 1. The number of hydrogen-bond donors (Lipinski definition) is 3. The fourth-order valence-corrected chi connectivity index (χ4v) is 3.83. The van der Waals surface area contributed by atoms with Crippen LogP contribution in [0.3, 0.4) is 0 Å². The number of nitrogens with zero attached hydrogens (tertiary/aromatic N) is 3. The van der Waals surface area contributed by atoms with Gasteiger partial charge in [0.15, 0.2) is 0 Å². The van der Waals surface area contributed by atoms with E-state index < -0.39 is 17.8 Å². The lowest BCUT2D eigenvalue weighted by Crippen LogP contribution is -2.72. The smallest absolute Gasteiger partial charge is 0.354 e. The van der Waals surface area contributed by atoms with Gasteiger partial charge < -0.3 is 20.9 Å². The van der Waals surface area contributed by atoms with E-state index in [0.29, 0.717) is 26.3 Å². The molecule has 9 heteroatoms. The quantitative estimate of drug-likeness (QED) is 0.579. The molecule has 0 aromatic heterocycles. The van der Waals surface area contributed by atoms with Crippen LogP contribution in [0.5, 0.6) is 0 Å². The Balaban J connectivity index is 2.02. The van der Waals surface area contributed by atoms with E-state index >= 15 is 0 Å². The number of nitrogens with one attached hydrogen (secondary N) is 1. The fourth-order valence-electron chi connectivity index (χ4n) is 3.83. The van der Waals surface area contributed by atoms with Crippen LogP contribution >= 0.6 is 0 Å². The average Bonchev–Trinajstić information content (AvgIpc) is 3.14. The van der Waals surface area contributed by atoms with E-state index in [1.54, 1.807) is 6.20 Å². The summed E-state index contributed by atoms with van der Waals surface area (Å²) in [6, 6.07) is 0.119. The predicted octanol–water partition coefficient (Wildman–Crippen LogP) is -0.698. The Morgan fingerprint density at radius 2 is 2.08 bits per heavy atom. The molecule has 0 spiro atoms. The minimum Gasteiger partial charge on any atom is -0.477 e. The Kier molecular flexibility index (Phi) is 5.36. The van der Waals surface area contributed by atoms with E-state index in [0.717, 1.165) is 25.7 Å². The van der Waals surface area contributed by atoms with Crippen LogP contribution in [0.2, 0.25) is 0 Å². The molecule has 25 heavy (non-hydrogen) atoms. The normalized spacial score (nSPS) is 28.0. The lowest BCUT2D eigenvalue weighted by molar-refractivity contribution is -0.141. The molecule has 1 atom stereocenters. The molecule has 1 saturated carbocycles. The molecule has 3 rings (SSSR count). The van der Waals surface area contributed by atoms with Gasteiger partial charge in [-0.15, -0.1) is 0 Å². The zero-order valence-corrected chi connectivity index (χ0v) is 14.2. The molecule has 1 amide bonds. The Bertz CT molecular complexity index is 581. The number of hydrogen-bond acceptors (Lipinski definition) is 7. The van der Waals surface area contributed by atoms with Gasteiger partial charge in [0.05, 0.1) is 19.8 Å². The zero-order chi connectivity index (χ0) is 17.9. The largest absolute Gasteiger partial charge is 0.477 e. The first-order chi connectivity index (χ1) is 12.0. The molecule has 0 radical (unpaired) electrons. The second-order valence-corrected chi connectivity index (χ2v) is 6.55. The highest BCUT2D eigenvalue weighted by atomic mass is 16.5. The van der Waals surface area contributed by atoms with E-state index in [1.165, 1.54) is 6.08 Å². The number of carbonyl (C=O) groups excluding carboxylic acids is 1. The summed E-state index contributed by atoms with van der Waals surface area (Å²) in [4.78, 5) is 31.8. The minimum atomic E-state index is -1.13. The summed E-state index contributed by atoms with van der Waals surface area (Å²) in [5.41, 5.74) is 5.47. The fraction of sp³-hybridized carbons (Fsp3) is 0.688. The molecule has 3 aliphatic rings. The topological polar surface area (TPSA) is 120 Å². The summed E-state index contributed by atoms with van der Waals surface area (Å²) in [5.74, 6) is -2.68.